The second kappa shape index (κ2) is 10.7. The Labute approximate surface area is 179 Å². The minimum Gasteiger partial charge on any atom is -0.396 e. The number of para-hydroxylation sites is 1. The lowest BCUT2D eigenvalue weighted by atomic mass is 9.96. The zero-order chi connectivity index (χ0) is 21.3. The Morgan fingerprint density at radius 2 is 1.40 bits per heavy atom. The first kappa shape index (κ1) is 21.8. The number of nitrogens with one attached hydrogen (secondary N) is 1. The van der Waals surface area contributed by atoms with Crippen LogP contribution in [-0.2, 0) is 4.79 Å². The molecule has 0 spiro atoms. The van der Waals surface area contributed by atoms with Crippen molar-refractivity contribution < 1.29 is 9.90 Å². The molecule has 1 amide bonds. The maximum atomic E-state index is 13.0. The minimum atomic E-state index is -0.0670. The highest BCUT2D eigenvalue weighted by Crippen LogP contribution is 2.29. The second-order valence-electron chi connectivity index (χ2n) is 7.59. The smallest absolute Gasteiger partial charge is 0.238 e. The molecular formula is C26H30N2O2. The SMILES string of the molecule is Cc1cccc(C)c1NC(=O)CN(CCCO)C(c1ccccc1)c1ccccc1. The van der Waals surface area contributed by atoms with Crippen LogP contribution in [-0.4, -0.2) is 35.6 Å². The van der Waals surface area contributed by atoms with Crippen LogP contribution in [0.5, 0.6) is 0 Å². The van der Waals surface area contributed by atoms with Crippen molar-refractivity contribution in [2.75, 3.05) is 25.0 Å². The number of carbonyl (C=O) groups is 1. The lowest BCUT2D eigenvalue weighted by Gasteiger charge is -2.32. The van der Waals surface area contributed by atoms with Crippen LogP contribution >= 0.6 is 0 Å². The van der Waals surface area contributed by atoms with Crippen molar-refractivity contribution in [3.63, 3.8) is 0 Å². The summed E-state index contributed by atoms with van der Waals surface area (Å²) in [6.07, 6.45) is 0.604. The van der Waals surface area contributed by atoms with E-state index in [0.717, 1.165) is 27.9 Å². The van der Waals surface area contributed by atoms with Gasteiger partial charge in [0.15, 0.2) is 0 Å². The summed E-state index contributed by atoms with van der Waals surface area (Å²) >= 11 is 0. The largest absolute Gasteiger partial charge is 0.396 e. The van der Waals surface area contributed by atoms with Gasteiger partial charge in [-0.2, -0.15) is 0 Å². The molecule has 0 heterocycles. The quantitative estimate of drug-likeness (QED) is 0.545. The summed E-state index contributed by atoms with van der Waals surface area (Å²) in [6, 6.07) is 26.4. The number of hydrogen-bond acceptors (Lipinski definition) is 3. The predicted octanol–water partition coefficient (Wildman–Crippen LogP) is 4.72. The summed E-state index contributed by atoms with van der Waals surface area (Å²) in [7, 11) is 0. The van der Waals surface area contributed by atoms with E-state index < -0.39 is 0 Å². The highest BCUT2D eigenvalue weighted by Gasteiger charge is 2.24. The molecule has 0 saturated heterocycles. The molecule has 0 saturated carbocycles. The van der Waals surface area contributed by atoms with E-state index in [4.69, 9.17) is 0 Å². The summed E-state index contributed by atoms with van der Waals surface area (Å²) in [4.78, 5) is 15.2. The molecule has 4 heteroatoms. The van der Waals surface area contributed by atoms with Crippen LogP contribution in [0.3, 0.4) is 0 Å². The normalized spacial score (nSPS) is 11.1. The zero-order valence-corrected chi connectivity index (χ0v) is 17.7. The van der Waals surface area contributed by atoms with E-state index in [2.05, 4.69) is 34.5 Å². The van der Waals surface area contributed by atoms with Gasteiger partial charge in [-0.1, -0.05) is 78.9 Å². The Morgan fingerprint density at radius 3 is 1.90 bits per heavy atom. The number of hydrogen-bond donors (Lipinski definition) is 2. The molecule has 0 fully saturated rings. The topological polar surface area (TPSA) is 52.6 Å². The summed E-state index contributed by atoms with van der Waals surface area (Å²) in [5.41, 5.74) is 5.23. The zero-order valence-electron chi connectivity index (χ0n) is 17.7. The molecule has 2 N–H and O–H groups in total. The molecule has 0 aliphatic rings. The molecule has 0 aromatic heterocycles. The highest BCUT2D eigenvalue weighted by molar-refractivity contribution is 5.93. The molecule has 156 valence electrons. The van der Waals surface area contributed by atoms with Crippen LogP contribution in [0.4, 0.5) is 5.69 Å². The van der Waals surface area contributed by atoms with Crippen LogP contribution < -0.4 is 5.32 Å². The van der Waals surface area contributed by atoms with E-state index >= 15 is 0 Å². The Hall–Kier alpha value is -2.95. The van der Waals surface area contributed by atoms with Crippen molar-refractivity contribution in [1.29, 1.82) is 0 Å². The fraction of sp³-hybridized carbons (Fsp3) is 0.269. The monoisotopic (exact) mass is 402 g/mol. The lowest BCUT2D eigenvalue weighted by Crippen LogP contribution is -2.38. The molecule has 0 aliphatic heterocycles. The molecule has 4 nitrogen and oxygen atoms in total. The number of amides is 1. The molecule has 0 aliphatic carbocycles. The molecular weight excluding hydrogens is 372 g/mol. The van der Waals surface area contributed by atoms with E-state index in [1.165, 1.54) is 0 Å². The fourth-order valence-corrected chi connectivity index (χ4v) is 3.83. The molecule has 3 rings (SSSR count). The van der Waals surface area contributed by atoms with Crippen molar-refractivity contribution in [3.05, 3.63) is 101 Å². The Kier molecular flexibility index (Phi) is 7.77. The summed E-state index contributed by atoms with van der Waals surface area (Å²) < 4.78 is 0. The van der Waals surface area contributed by atoms with Gasteiger partial charge in [-0.3, -0.25) is 9.69 Å². The number of rotatable bonds is 9. The first-order chi connectivity index (χ1) is 14.6. The number of nitrogens with zero attached hydrogens (tertiary/aromatic N) is 1. The highest BCUT2D eigenvalue weighted by atomic mass is 16.3. The first-order valence-electron chi connectivity index (χ1n) is 10.4. The van der Waals surface area contributed by atoms with Crippen molar-refractivity contribution in [2.45, 2.75) is 26.3 Å². The van der Waals surface area contributed by atoms with Gasteiger partial charge in [-0.25, -0.2) is 0 Å². The Balaban J connectivity index is 1.89. The maximum absolute atomic E-state index is 13.0. The van der Waals surface area contributed by atoms with E-state index in [9.17, 15) is 9.90 Å². The number of aliphatic hydroxyl groups excluding tert-OH is 1. The number of carbonyl (C=O) groups excluding carboxylic acids is 1. The molecule has 3 aromatic rings. The van der Waals surface area contributed by atoms with Gasteiger partial charge in [0.25, 0.3) is 0 Å². The summed E-state index contributed by atoms with van der Waals surface area (Å²) in [5.74, 6) is -0.0535. The lowest BCUT2D eigenvalue weighted by molar-refractivity contribution is -0.117. The van der Waals surface area contributed by atoms with Crippen molar-refractivity contribution in [2.24, 2.45) is 0 Å². The average molecular weight is 403 g/mol. The Bertz CT molecular complexity index is 882. The number of aryl methyl sites for hydroxylation is 2. The van der Waals surface area contributed by atoms with E-state index in [1.54, 1.807) is 0 Å². The number of anilines is 1. The third kappa shape index (κ3) is 5.56. The van der Waals surface area contributed by atoms with Crippen molar-refractivity contribution in [3.8, 4) is 0 Å². The van der Waals surface area contributed by atoms with Gasteiger partial charge in [0, 0.05) is 18.8 Å². The third-order valence-electron chi connectivity index (χ3n) is 5.29. The number of aliphatic hydroxyl groups is 1. The first-order valence-corrected chi connectivity index (χ1v) is 10.4. The van der Waals surface area contributed by atoms with Gasteiger partial charge >= 0.3 is 0 Å². The number of benzene rings is 3. The van der Waals surface area contributed by atoms with Crippen LogP contribution in [0, 0.1) is 13.8 Å². The van der Waals surface area contributed by atoms with Gasteiger partial charge in [-0.15, -0.1) is 0 Å². The standard InChI is InChI=1S/C26H30N2O2/c1-20-11-9-12-21(2)25(20)27-24(30)19-28(17-10-18-29)26(22-13-5-3-6-14-22)23-15-7-4-8-16-23/h3-9,11-16,26,29H,10,17-19H2,1-2H3,(H,27,30). The van der Waals surface area contributed by atoms with E-state index in [1.807, 2.05) is 68.4 Å². The van der Waals surface area contributed by atoms with Gasteiger partial charge in [0.2, 0.25) is 5.91 Å². The molecule has 0 bridgehead atoms. The minimum absolute atomic E-state index is 0.0535. The van der Waals surface area contributed by atoms with Gasteiger partial charge in [0.05, 0.1) is 12.6 Å². The fourth-order valence-electron chi connectivity index (χ4n) is 3.83. The summed E-state index contributed by atoms with van der Waals surface area (Å²) in [6.45, 7) is 4.95. The second-order valence-corrected chi connectivity index (χ2v) is 7.59. The van der Waals surface area contributed by atoms with E-state index in [-0.39, 0.29) is 25.1 Å². The Morgan fingerprint density at radius 1 is 0.867 bits per heavy atom. The van der Waals surface area contributed by atoms with Gasteiger partial charge in [0.1, 0.15) is 0 Å². The van der Waals surface area contributed by atoms with Gasteiger partial charge in [-0.05, 0) is 42.5 Å². The maximum Gasteiger partial charge on any atom is 0.238 e. The molecule has 0 radical (unpaired) electrons. The van der Waals surface area contributed by atoms with Crippen LogP contribution in [0.1, 0.15) is 34.7 Å². The van der Waals surface area contributed by atoms with Crippen molar-refractivity contribution in [1.82, 2.24) is 4.90 Å². The molecule has 0 atom stereocenters. The van der Waals surface area contributed by atoms with Gasteiger partial charge < -0.3 is 10.4 Å². The average Bonchev–Trinajstić information content (AvgIpc) is 2.76. The molecule has 0 unspecified atom stereocenters. The van der Waals surface area contributed by atoms with E-state index in [0.29, 0.717) is 13.0 Å². The molecule has 3 aromatic carbocycles. The molecule has 30 heavy (non-hydrogen) atoms. The van der Waals surface area contributed by atoms with Crippen LogP contribution in [0.25, 0.3) is 0 Å². The summed E-state index contributed by atoms with van der Waals surface area (Å²) in [5, 5.41) is 12.6. The van der Waals surface area contributed by atoms with Crippen molar-refractivity contribution >= 4 is 11.6 Å². The van der Waals surface area contributed by atoms with Crippen LogP contribution in [0.2, 0.25) is 0 Å². The van der Waals surface area contributed by atoms with Crippen LogP contribution in [0.15, 0.2) is 78.9 Å². The third-order valence-corrected chi connectivity index (χ3v) is 5.29. The predicted molar refractivity (Wildman–Crippen MR) is 123 cm³/mol.